The lowest BCUT2D eigenvalue weighted by molar-refractivity contribution is 0.669. The molecule has 0 fully saturated rings. The van der Waals surface area contributed by atoms with Crippen LogP contribution in [0.4, 0.5) is 17.1 Å². The second kappa shape index (κ2) is 14.5. The lowest BCUT2D eigenvalue weighted by atomic mass is 9.33. The lowest BCUT2D eigenvalue weighted by Gasteiger charge is -2.38. The Hall–Kier alpha value is -7.36. The monoisotopic (exact) mass is 767 g/mol. The van der Waals surface area contributed by atoms with Crippen LogP contribution in [0.1, 0.15) is 16.7 Å². The number of rotatable bonds is 6. The number of aryl methyl sites for hydroxylation is 3. The van der Waals surface area contributed by atoms with Crippen molar-refractivity contribution in [3.63, 3.8) is 0 Å². The molecule has 2 heterocycles. The molecule has 0 spiro atoms. The summed E-state index contributed by atoms with van der Waals surface area (Å²) in [6.07, 6.45) is 0. The molecule has 0 saturated carbocycles. The highest BCUT2D eigenvalue weighted by atomic mass is 16.3. The third-order valence-corrected chi connectivity index (χ3v) is 12.5. The van der Waals surface area contributed by atoms with E-state index < -0.39 is 0 Å². The van der Waals surface area contributed by atoms with Gasteiger partial charge in [0.1, 0.15) is 5.58 Å². The van der Waals surface area contributed by atoms with Gasteiger partial charge in [0.2, 0.25) is 6.71 Å². The Morgan fingerprint density at radius 1 is 0.383 bits per heavy atom. The predicted octanol–water partition coefficient (Wildman–Crippen LogP) is 13.5. The first-order chi connectivity index (χ1) is 29.5. The molecule has 0 atom stereocenters. The van der Waals surface area contributed by atoms with Crippen LogP contribution in [-0.2, 0) is 0 Å². The number of hydrogen-bond acceptors (Lipinski definition) is 2. The quantitative estimate of drug-likeness (QED) is 0.157. The minimum absolute atomic E-state index is 0.0469. The standard InChI is InChI=1S/C57H42BNO/c1-37-33-38(2)56(39(3)34-37)58-50-35-42(46-23-12-10-21-44(46)40-17-6-4-7-18-40)29-31-52(50)59(54-27-16-26-49-48-25-14-15-28-55(48)60-57(49)54)53-32-30-43(36-51(53)58)47-24-13-11-22-45(47)41-19-8-5-9-20-41/h4-36H,1-3H3. The van der Waals surface area contributed by atoms with Gasteiger partial charge in [0.05, 0.1) is 5.69 Å². The Morgan fingerprint density at radius 3 is 1.40 bits per heavy atom. The molecule has 0 bridgehead atoms. The average molecular weight is 768 g/mol. The van der Waals surface area contributed by atoms with E-state index in [0.29, 0.717) is 0 Å². The number of hydrogen-bond donors (Lipinski definition) is 0. The van der Waals surface area contributed by atoms with Crippen LogP contribution in [-0.4, -0.2) is 6.71 Å². The predicted molar refractivity (Wildman–Crippen MR) is 255 cm³/mol. The highest BCUT2D eigenvalue weighted by Crippen LogP contribution is 2.45. The smallest absolute Gasteiger partial charge is 0.247 e. The molecule has 0 N–H and O–H groups in total. The Kier molecular flexibility index (Phi) is 8.64. The normalized spacial score (nSPS) is 12.2. The van der Waals surface area contributed by atoms with Crippen molar-refractivity contribution >= 4 is 62.1 Å². The van der Waals surface area contributed by atoms with Gasteiger partial charge in [-0.3, -0.25) is 0 Å². The topological polar surface area (TPSA) is 16.4 Å². The van der Waals surface area contributed by atoms with Crippen LogP contribution in [0.15, 0.2) is 205 Å². The molecule has 9 aromatic carbocycles. The molecule has 0 aliphatic carbocycles. The maximum atomic E-state index is 6.80. The first-order valence-electron chi connectivity index (χ1n) is 20.9. The first-order valence-corrected chi connectivity index (χ1v) is 20.9. The molecule has 284 valence electrons. The van der Waals surface area contributed by atoms with E-state index in [9.17, 15) is 0 Å². The summed E-state index contributed by atoms with van der Waals surface area (Å²) in [7, 11) is 0. The third-order valence-electron chi connectivity index (χ3n) is 12.5. The van der Waals surface area contributed by atoms with Crippen molar-refractivity contribution in [2.24, 2.45) is 0 Å². The summed E-state index contributed by atoms with van der Waals surface area (Å²) in [6.45, 7) is 6.74. The van der Waals surface area contributed by atoms with E-state index in [1.54, 1.807) is 0 Å². The SMILES string of the molecule is Cc1cc(C)c(B2c3cc(-c4ccccc4-c4ccccc4)ccc3N(c3cccc4c3oc3ccccc34)c3ccc(-c4ccccc4-c4ccccc4)cc32)c(C)c1. The van der Waals surface area contributed by atoms with Crippen molar-refractivity contribution < 1.29 is 4.42 Å². The Labute approximate surface area is 352 Å². The number of para-hydroxylation sites is 2. The van der Waals surface area contributed by atoms with E-state index in [2.05, 4.69) is 226 Å². The Balaban J connectivity index is 1.22. The van der Waals surface area contributed by atoms with Crippen LogP contribution < -0.4 is 21.3 Å². The van der Waals surface area contributed by atoms with Crippen LogP contribution in [0.2, 0.25) is 0 Å². The molecule has 1 aliphatic rings. The van der Waals surface area contributed by atoms with Gasteiger partial charge in [-0.25, -0.2) is 0 Å². The highest BCUT2D eigenvalue weighted by Gasteiger charge is 2.38. The molecular formula is C57H42BNO. The van der Waals surface area contributed by atoms with Crippen molar-refractivity contribution in [1.82, 2.24) is 0 Å². The first kappa shape index (κ1) is 35.8. The van der Waals surface area contributed by atoms with E-state index in [-0.39, 0.29) is 6.71 Å². The van der Waals surface area contributed by atoms with Crippen molar-refractivity contribution in [3.8, 4) is 44.5 Å². The largest absolute Gasteiger partial charge is 0.454 e. The van der Waals surface area contributed by atoms with Crippen LogP contribution in [0, 0.1) is 20.8 Å². The average Bonchev–Trinajstić information content (AvgIpc) is 3.68. The molecule has 0 unspecified atom stereocenters. The summed E-state index contributed by atoms with van der Waals surface area (Å²) in [5, 5.41) is 2.23. The van der Waals surface area contributed by atoms with Crippen LogP contribution in [0.25, 0.3) is 66.4 Å². The summed E-state index contributed by atoms with van der Waals surface area (Å²) in [5.74, 6) is 0. The van der Waals surface area contributed by atoms with Gasteiger partial charge in [-0.1, -0.05) is 198 Å². The number of benzene rings is 9. The molecule has 1 aliphatic heterocycles. The molecule has 0 saturated heterocycles. The van der Waals surface area contributed by atoms with Gasteiger partial charge < -0.3 is 9.32 Å². The van der Waals surface area contributed by atoms with Gasteiger partial charge in [-0.05, 0) is 100 Å². The molecule has 11 rings (SSSR count). The van der Waals surface area contributed by atoms with Gasteiger partial charge in [0, 0.05) is 22.1 Å². The Morgan fingerprint density at radius 2 is 0.850 bits per heavy atom. The number of nitrogens with zero attached hydrogens (tertiary/aromatic N) is 1. The number of anilines is 3. The van der Waals surface area contributed by atoms with E-state index in [1.165, 1.54) is 77.6 Å². The second-order valence-electron chi connectivity index (χ2n) is 16.2. The number of fused-ring (bicyclic) bond motifs is 5. The van der Waals surface area contributed by atoms with E-state index >= 15 is 0 Å². The fourth-order valence-corrected chi connectivity index (χ4v) is 9.95. The fourth-order valence-electron chi connectivity index (χ4n) is 9.95. The third kappa shape index (κ3) is 5.88. The number of furan rings is 1. The minimum Gasteiger partial charge on any atom is -0.454 e. The second-order valence-corrected chi connectivity index (χ2v) is 16.2. The van der Waals surface area contributed by atoms with Gasteiger partial charge in [0.25, 0.3) is 0 Å². The zero-order chi connectivity index (χ0) is 40.3. The van der Waals surface area contributed by atoms with E-state index in [0.717, 1.165) is 39.0 Å². The van der Waals surface area contributed by atoms with Crippen molar-refractivity contribution in [2.75, 3.05) is 4.90 Å². The summed E-state index contributed by atoms with van der Waals surface area (Å²) < 4.78 is 6.80. The maximum absolute atomic E-state index is 6.80. The minimum atomic E-state index is -0.0469. The van der Waals surface area contributed by atoms with Gasteiger partial charge in [-0.15, -0.1) is 0 Å². The van der Waals surface area contributed by atoms with E-state index in [4.69, 9.17) is 4.42 Å². The zero-order valence-electron chi connectivity index (χ0n) is 34.0. The molecule has 60 heavy (non-hydrogen) atoms. The van der Waals surface area contributed by atoms with Crippen LogP contribution in [0.5, 0.6) is 0 Å². The molecule has 3 heteroatoms. The van der Waals surface area contributed by atoms with Gasteiger partial charge >= 0.3 is 0 Å². The molecule has 2 nitrogen and oxygen atoms in total. The van der Waals surface area contributed by atoms with Gasteiger partial charge in [-0.2, -0.15) is 0 Å². The molecule has 10 aromatic rings. The molecule has 1 aromatic heterocycles. The molecular weight excluding hydrogens is 725 g/mol. The molecule has 0 radical (unpaired) electrons. The van der Waals surface area contributed by atoms with Crippen LogP contribution in [0.3, 0.4) is 0 Å². The molecule has 0 amide bonds. The maximum Gasteiger partial charge on any atom is 0.247 e. The fraction of sp³-hybridized carbons (Fsp3) is 0.0526. The summed E-state index contributed by atoms with van der Waals surface area (Å²) in [5.41, 5.74) is 22.5. The lowest BCUT2D eigenvalue weighted by Crippen LogP contribution is -2.58. The van der Waals surface area contributed by atoms with Crippen LogP contribution >= 0.6 is 0 Å². The summed E-state index contributed by atoms with van der Waals surface area (Å²) in [6, 6.07) is 73.1. The van der Waals surface area contributed by atoms with Crippen molar-refractivity contribution in [1.29, 1.82) is 0 Å². The van der Waals surface area contributed by atoms with Crippen molar-refractivity contribution in [3.05, 3.63) is 217 Å². The Bertz CT molecular complexity index is 3100. The highest BCUT2D eigenvalue weighted by molar-refractivity contribution is 6.98. The zero-order valence-corrected chi connectivity index (χ0v) is 34.0. The summed E-state index contributed by atoms with van der Waals surface area (Å²) >= 11 is 0. The summed E-state index contributed by atoms with van der Waals surface area (Å²) in [4.78, 5) is 2.46. The van der Waals surface area contributed by atoms with Crippen molar-refractivity contribution in [2.45, 2.75) is 20.8 Å². The van der Waals surface area contributed by atoms with Gasteiger partial charge in [0.15, 0.2) is 5.58 Å². The van der Waals surface area contributed by atoms with E-state index in [1.807, 2.05) is 0 Å².